The summed E-state index contributed by atoms with van der Waals surface area (Å²) in [6.45, 7) is 0. The third-order valence-corrected chi connectivity index (χ3v) is 6.27. The van der Waals surface area contributed by atoms with Gasteiger partial charge in [-0.25, -0.2) is 8.42 Å². The molecule has 29 heavy (non-hydrogen) atoms. The van der Waals surface area contributed by atoms with Gasteiger partial charge >= 0.3 is 0 Å². The number of rotatable bonds is 4. The second-order valence-corrected chi connectivity index (χ2v) is 8.60. The van der Waals surface area contributed by atoms with E-state index in [1.54, 1.807) is 31.5 Å². The van der Waals surface area contributed by atoms with Gasteiger partial charge < -0.3 is 10.1 Å². The monoisotopic (exact) mass is 413 g/mol. The van der Waals surface area contributed by atoms with Gasteiger partial charge in [-0.2, -0.15) is 0 Å². The predicted molar refractivity (Wildman–Crippen MR) is 117 cm³/mol. The summed E-state index contributed by atoms with van der Waals surface area (Å²) >= 11 is 0. The SMILES string of the molecule is CNC.COc1ccc(S(=O)(=O)Nc2cnc3ccccc3c2)c2c1CCCC2. The summed E-state index contributed by atoms with van der Waals surface area (Å²) in [6.07, 6.45) is 5.18. The molecule has 1 aliphatic carbocycles. The number of hydrogen-bond donors (Lipinski definition) is 2. The zero-order valence-electron chi connectivity index (χ0n) is 17.0. The van der Waals surface area contributed by atoms with E-state index in [1.165, 1.54) is 0 Å². The minimum Gasteiger partial charge on any atom is -0.496 e. The third-order valence-electron chi connectivity index (χ3n) is 4.80. The Kier molecular flexibility index (Phi) is 6.71. The molecule has 2 aromatic carbocycles. The molecule has 0 spiro atoms. The van der Waals surface area contributed by atoms with Crippen LogP contribution in [0, 0.1) is 0 Å². The maximum Gasteiger partial charge on any atom is 0.262 e. The molecular weight excluding hydrogens is 386 g/mol. The fourth-order valence-electron chi connectivity index (χ4n) is 3.58. The first-order valence-electron chi connectivity index (χ1n) is 9.65. The number of para-hydroxylation sites is 1. The van der Waals surface area contributed by atoms with E-state index in [4.69, 9.17) is 4.74 Å². The van der Waals surface area contributed by atoms with E-state index in [9.17, 15) is 8.42 Å². The number of aromatic nitrogens is 1. The van der Waals surface area contributed by atoms with Crippen molar-refractivity contribution in [1.82, 2.24) is 10.3 Å². The second kappa shape index (κ2) is 9.24. The summed E-state index contributed by atoms with van der Waals surface area (Å²) in [7, 11) is 1.68. The molecule has 0 saturated carbocycles. The Labute approximate surface area is 172 Å². The van der Waals surface area contributed by atoms with Crippen molar-refractivity contribution in [3.8, 4) is 5.75 Å². The molecule has 1 heterocycles. The summed E-state index contributed by atoms with van der Waals surface area (Å²) in [5, 5.41) is 3.64. The molecule has 0 fully saturated rings. The van der Waals surface area contributed by atoms with E-state index in [0.29, 0.717) is 10.6 Å². The first-order valence-corrected chi connectivity index (χ1v) is 11.1. The van der Waals surface area contributed by atoms with Gasteiger partial charge in [-0.3, -0.25) is 9.71 Å². The van der Waals surface area contributed by atoms with Crippen LogP contribution in [0.25, 0.3) is 10.9 Å². The minimum absolute atomic E-state index is 0.334. The van der Waals surface area contributed by atoms with Crippen LogP contribution in [0.1, 0.15) is 24.0 Å². The Balaban J connectivity index is 0.000000755. The number of benzene rings is 2. The molecule has 0 saturated heterocycles. The maximum atomic E-state index is 13.0. The lowest BCUT2D eigenvalue weighted by Gasteiger charge is -2.22. The Bertz CT molecular complexity index is 1100. The lowest BCUT2D eigenvalue weighted by atomic mass is 9.91. The highest BCUT2D eigenvalue weighted by atomic mass is 32.2. The van der Waals surface area contributed by atoms with Crippen molar-refractivity contribution in [3.63, 3.8) is 0 Å². The third kappa shape index (κ3) is 4.68. The largest absolute Gasteiger partial charge is 0.496 e. The van der Waals surface area contributed by atoms with Gasteiger partial charge in [0.25, 0.3) is 10.0 Å². The van der Waals surface area contributed by atoms with Gasteiger partial charge in [0.15, 0.2) is 0 Å². The van der Waals surface area contributed by atoms with Crippen molar-refractivity contribution in [2.45, 2.75) is 30.6 Å². The van der Waals surface area contributed by atoms with Crippen LogP contribution in [-0.4, -0.2) is 34.6 Å². The Hall–Kier alpha value is -2.64. The predicted octanol–water partition coefficient (Wildman–Crippen LogP) is 3.76. The van der Waals surface area contributed by atoms with Crippen LogP contribution in [-0.2, 0) is 22.9 Å². The average molecular weight is 414 g/mol. The topological polar surface area (TPSA) is 80.3 Å². The van der Waals surface area contributed by atoms with Crippen molar-refractivity contribution in [1.29, 1.82) is 0 Å². The zero-order chi connectivity index (χ0) is 20.9. The quantitative estimate of drug-likeness (QED) is 0.681. The molecule has 0 amide bonds. The number of fused-ring (bicyclic) bond motifs is 2. The van der Waals surface area contributed by atoms with Crippen molar-refractivity contribution >= 4 is 26.6 Å². The average Bonchev–Trinajstić information content (AvgIpc) is 2.73. The van der Waals surface area contributed by atoms with Gasteiger partial charge in [0.1, 0.15) is 5.75 Å². The summed E-state index contributed by atoms with van der Waals surface area (Å²) < 4.78 is 34.2. The lowest BCUT2D eigenvalue weighted by Crippen LogP contribution is -2.18. The number of ether oxygens (including phenoxy) is 1. The van der Waals surface area contributed by atoms with Gasteiger partial charge in [-0.05, 0) is 75.2 Å². The van der Waals surface area contributed by atoms with Gasteiger partial charge in [0, 0.05) is 5.39 Å². The van der Waals surface area contributed by atoms with Gasteiger partial charge in [-0.15, -0.1) is 0 Å². The summed E-state index contributed by atoms with van der Waals surface area (Å²) in [6, 6.07) is 12.8. The van der Waals surface area contributed by atoms with Crippen molar-refractivity contribution in [2.24, 2.45) is 0 Å². The number of nitrogens with one attached hydrogen (secondary N) is 2. The summed E-state index contributed by atoms with van der Waals surface area (Å²) in [5.74, 6) is 0.769. The van der Waals surface area contributed by atoms with Crippen molar-refractivity contribution in [3.05, 3.63) is 59.8 Å². The van der Waals surface area contributed by atoms with E-state index in [2.05, 4.69) is 15.0 Å². The zero-order valence-corrected chi connectivity index (χ0v) is 17.8. The van der Waals surface area contributed by atoms with Gasteiger partial charge in [0.05, 0.1) is 29.4 Å². The molecule has 4 rings (SSSR count). The molecule has 6 nitrogen and oxygen atoms in total. The molecule has 1 aromatic heterocycles. The number of hydrogen-bond acceptors (Lipinski definition) is 5. The van der Waals surface area contributed by atoms with Crippen molar-refractivity contribution in [2.75, 3.05) is 25.9 Å². The summed E-state index contributed by atoms with van der Waals surface area (Å²) in [5.41, 5.74) is 3.18. The van der Waals surface area contributed by atoms with Crippen LogP contribution in [0.5, 0.6) is 5.75 Å². The van der Waals surface area contributed by atoms with Crippen LogP contribution < -0.4 is 14.8 Å². The molecule has 0 aliphatic heterocycles. The fourth-order valence-corrected chi connectivity index (χ4v) is 4.91. The molecule has 154 valence electrons. The van der Waals surface area contributed by atoms with E-state index < -0.39 is 10.0 Å². The minimum atomic E-state index is -3.69. The highest BCUT2D eigenvalue weighted by Gasteiger charge is 2.25. The number of anilines is 1. The molecular formula is C22H27N3O3S. The highest BCUT2D eigenvalue weighted by molar-refractivity contribution is 7.92. The van der Waals surface area contributed by atoms with Crippen molar-refractivity contribution < 1.29 is 13.2 Å². The molecule has 7 heteroatoms. The van der Waals surface area contributed by atoms with E-state index >= 15 is 0 Å². The van der Waals surface area contributed by atoms with Crippen LogP contribution in [0.2, 0.25) is 0 Å². The number of sulfonamides is 1. The molecule has 0 bridgehead atoms. The Morgan fingerprint density at radius 2 is 1.69 bits per heavy atom. The van der Waals surface area contributed by atoms with Crippen LogP contribution in [0.4, 0.5) is 5.69 Å². The highest BCUT2D eigenvalue weighted by Crippen LogP contribution is 2.35. The Morgan fingerprint density at radius 1 is 1.00 bits per heavy atom. The number of pyridine rings is 1. The second-order valence-electron chi connectivity index (χ2n) is 6.95. The maximum absolute atomic E-state index is 13.0. The fraction of sp³-hybridized carbons (Fsp3) is 0.318. The van der Waals surface area contributed by atoms with E-state index in [0.717, 1.165) is 53.5 Å². The Morgan fingerprint density at radius 3 is 2.41 bits per heavy atom. The smallest absolute Gasteiger partial charge is 0.262 e. The standard InChI is InChI=1S/C20H20N2O3S.C2H7N/c1-25-19-10-11-20(17-8-4-3-7-16(17)19)26(23,24)22-15-12-14-6-2-5-9-18(14)21-13-15;1-3-2/h2,5-6,9-13,22H,3-4,7-8H2,1H3;3H,1-2H3. The van der Waals surface area contributed by atoms with E-state index in [-0.39, 0.29) is 0 Å². The number of nitrogens with zero attached hydrogens (tertiary/aromatic N) is 1. The molecule has 0 unspecified atom stereocenters. The molecule has 0 atom stereocenters. The van der Waals surface area contributed by atoms with Crippen LogP contribution in [0.15, 0.2) is 53.6 Å². The van der Waals surface area contributed by atoms with Gasteiger partial charge in [-0.1, -0.05) is 18.2 Å². The van der Waals surface area contributed by atoms with Crippen LogP contribution in [0.3, 0.4) is 0 Å². The molecule has 3 aromatic rings. The summed E-state index contributed by atoms with van der Waals surface area (Å²) in [4.78, 5) is 4.66. The lowest BCUT2D eigenvalue weighted by molar-refractivity contribution is 0.405. The van der Waals surface area contributed by atoms with E-state index in [1.807, 2.05) is 38.4 Å². The molecule has 1 aliphatic rings. The molecule has 0 radical (unpaired) electrons. The normalized spacial score (nSPS) is 13.2. The van der Waals surface area contributed by atoms with Crippen LogP contribution >= 0.6 is 0 Å². The van der Waals surface area contributed by atoms with Gasteiger partial charge in [0.2, 0.25) is 0 Å². The molecule has 2 N–H and O–H groups in total. The first-order chi connectivity index (χ1) is 14.0. The number of methoxy groups -OCH3 is 1. The first kappa shape index (κ1) is 21.1.